The maximum absolute atomic E-state index is 13.2. The SMILES string of the molecule is CC(=O)SCCC#Cc1cccc(F)c1[N+](=O)[O-]. The fourth-order valence-corrected chi connectivity index (χ4v) is 1.70. The van der Waals surface area contributed by atoms with Gasteiger partial charge in [0.1, 0.15) is 5.56 Å². The van der Waals surface area contributed by atoms with Crippen molar-refractivity contribution in [1.29, 1.82) is 0 Å². The lowest BCUT2D eigenvalue weighted by Gasteiger charge is -1.96. The van der Waals surface area contributed by atoms with Gasteiger partial charge >= 0.3 is 5.69 Å². The lowest BCUT2D eigenvalue weighted by molar-refractivity contribution is -0.387. The molecule has 1 rings (SSSR count). The number of para-hydroxylation sites is 1. The summed E-state index contributed by atoms with van der Waals surface area (Å²) in [4.78, 5) is 20.5. The zero-order valence-electron chi connectivity index (χ0n) is 9.60. The van der Waals surface area contributed by atoms with Gasteiger partial charge in [-0.05, 0) is 12.1 Å². The van der Waals surface area contributed by atoms with Crippen LogP contribution in [0.25, 0.3) is 0 Å². The zero-order chi connectivity index (χ0) is 13.5. The number of thioether (sulfide) groups is 1. The first-order chi connectivity index (χ1) is 8.52. The normalized spacial score (nSPS) is 9.44. The molecule has 0 bridgehead atoms. The number of nitro benzene ring substituents is 1. The molecule has 0 fully saturated rings. The van der Waals surface area contributed by atoms with E-state index in [1.54, 1.807) is 0 Å². The molecule has 0 aliphatic carbocycles. The molecule has 94 valence electrons. The Labute approximate surface area is 108 Å². The van der Waals surface area contributed by atoms with Crippen LogP contribution in [-0.2, 0) is 4.79 Å². The second-order valence-corrected chi connectivity index (χ2v) is 4.56. The molecule has 0 spiro atoms. The number of hydrogen-bond acceptors (Lipinski definition) is 4. The van der Waals surface area contributed by atoms with E-state index >= 15 is 0 Å². The van der Waals surface area contributed by atoms with E-state index in [-0.39, 0.29) is 10.7 Å². The maximum Gasteiger partial charge on any atom is 0.320 e. The fraction of sp³-hybridized carbons (Fsp3) is 0.250. The second kappa shape index (κ2) is 6.77. The summed E-state index contributed by atoms with van der Waals surface area (Å²) in [6.45, 7) is 1.45. The molecule has 0 N–H and O–H groups in total. The summed E-state index contributed by atoms with van der Waals surface area (Å²) >= 11 is 1.13. The average molecular weight is 267 g/mol. The van der Waals surface area contributed by atoms with Gasteiger partial charge < -0.3 is 0 Å². The number of halogens is 1. The molecule has 1 aromatic carbocycles. The van der Waals surface area contributed by atoms with Crippen LogP contribution in [-0.4, -0.2) is 15.8 Å². The van der Waals surface area contributed by atoms with Gasteiger partial charge in [0.2, 0.25) is 5.82 Å². The molecule has 0 radical (unpaired) electrons. The highest BCUT2D eigenvalue weighted by Crippen LogP contribution is 2.21. The second-order valence-electron chi connectivity index (χ2n) is 3.28. The molecular formula is C12H10FNO3S. The van der Waals surface area contributed by atoms with Crippen LogP contribution in [0.5, 0.6) is 0 Å². The van der Waals surface area contributed by atoms with Crippen LogP contribution >= 0.6 is 11.8 Å². The average Bonchev–Trinajstić information content (AvgIpc) is 2.27. The van der Waals surface area contributed by atoms with Gasteiger partial charge in [0.15, 0.2) is 5.12 Å². The van der Waals surface area contributed by atoms with Crippen molar-refractivity contribution >= 4 is 22.6 Å². The number of nitro groups is 1. The lowest BCUT2D eigenvalue weighted by Crippen LogP contribution is -1.95. The predicted octanol–water partition coefficient (Wildman–Crippen LogP) is 2.76. The third kappa shape index (κ3) is 4.18. The quantitative estimate of drug-likeness (QED) is 0.365. The highest BCUT2D eigenvalue weighted by molar-refractivity contribution is 8.13. The Morgan fingerprint density at radius 3 is 2.89 bits per heavy atom. The zero-order valence-corrected chi connectivity index (χ0v) is 10.4. The van der Waals surface area contributed by atoms with Crippen molar-refractivity contribution in [2.75, 3.05) is 5.75 Å². The molecule has 0 amide bonds. The minimum Gasteiger partial charge on any atom is -0.288 e. The molecule has 0 atom stereocenters. The first-order valence-electron chi connectivity index (χ1n) is 5.07. The van der Waals surface area contributed by atoms with Gasteiger partial charge in [-0.3, -0.25) is 14.9 Å². The van der Waals surface area contributed by atoms with Crippen molar-refractivity contribution in [2.45, 2.75) is 13.3 Å². The largest absolute Gasteiger partial charge is 0.320 e. The van der Waals surface area contributed by atoms with Crippen molar-refractivity contribution in [3.05, 3.63) is 39.7 Å². The van der Waals surface area contributed by atoms with Gasteiger partial charge in [-0.15, -0.1) is 0 Å². The monoisotopic (exact) mass is 267 g/mol. The number of hydrogen-bond donors (Lipinski definition) is 0. The first-order valence-corrected chi connectivity index (χ1v) is 6.06. The number of carbonyl (C=O) groups excluding carboxylic acids is 1. The summed E-state index contributed by atoms with van der Waals surface area (Å²) in [5.41, 5.74) is -0.558. The van der Waals surface area contributed by atoms with Gasteiger partial charge in [-0.2, -0.15) is 4.39 Å². The molecule has 0 heterocycles. The number of carbonyl (C=O) groups is 1. The summed E-state index contributed by atoms with van der Waals surface area (Å²) in [5.74, 6) is 4.86. The van der Waals surface area contributed by atoms with Crippen LogP contribution in [0, 0.1) is 27.8 Å². The highest BCUT2D eigenvalue weighted by Gasteiger charge is 2.17. The minimum absolute atomic E-state index is 0.00599. The maximum atomic E-state index is 13.2. The number of nitrogens with zero attached hydrogens (tertiary/aromatic N) is 1. The van der Waals surface area contributed by atoms with E-state index in [1.165, 1.54) is 19.1 Å². The molecule has 0 aliphatic rings. The molecule has 0 aromatic heterocycles. The Hall–Kier alpha value is -1.87. The number of rotatable bonds is 3. The summed E-state index contributed by atoms with van der Waals surface area (Å²) in [6.07, 6.45) is 0.415. The molecule has 1 aromatic rings. The molecule has 6 heteroatoms. The summed E-state index contributed by atoms with van der Waals surface area (Å²) in [7, 11) is 0. The van der Waals surface area contributed by atoms with Crippen LogP contribution in [0.3, 0.4) is 0 Å². The van der Waals surface area contributed by atoms with Crippen LogP contribution in [0.4, 0.5) is 10.1 Å². The van der Waals surface area contributed by atoms with Crippen molar-refractivity contribution in [1.82, 2.24) is 0 Å². The standard InChI is InChI=1S/C12H10FNO3S/c1-9(15)18-8-3-2-5-10-6-4-7-11(13)12(10)14(16)17/h4,6-7H,3,8H2,1H3. The van der Waals surface area contributed by atoms with Crippen LogP contribution in [0.15, 0.2) is 18.2 Å². The van der Waals surface area contributed by atoms with Crippen molar-refractivity contribution < 1.29 is 14.1 Å². The van der Waals surface area contributed by atoms with Gasteiger partial charge in [0.25, 0.3) is 0 Å². The Bertz CT molecular complexity index is 534. The summed E-state index contributed by atoms with van der Waals surface area (Å²) in [5, 5.41) is 10.7. The Kier molecular flexibility index (Phi) is 5.33. The van der Waals surface area contributed by atoms with Gasteiger partial charge in [0.05, 0.1) is 4.92 Å². The van der Waals surface area contributed by atoms with E-state index in [0.717, 1.165) is 17.8 Å². The van der Waals surface area contributed by atoms with Crippen molar-refractivity contribution in [3.8, 4) is 11.8 Å². The Morgan fingerprint density at radius 2 is 2.28 bits per heavy atom. The summed E-state index contributed by atoms with van der Waals surface area (Å²) in [6, 6.07) is 3.79. The van der Waals surface area contributed by atoms with Crippen molar-refractivity contribution in [2.24, 2.45) is 0 Å². The third-order valence-corrected chi connectivity index (χ3v) is 2.74. The fourth-order valence-electron chi connectivity index (χ4n) is 1.21. The molecule has 0 saturated carbocycles. The summed E-state index contributed by atoms with van der Waals surface area (Å²) < 4.78 is 13.2. The highest BCUT2D eigenvalue weighted by atomic mass is 32.2. The topological polar surface area (TPSA) is 60.2 Å². The molecule has 0 saturated heterocycles. The molecular weight excluding hydrogens is 257 g/mol. The molecule has 4 nitrogen and oxygen atoms in total. The van der Waals surface area contributed by atoms with E-state index in [4.69, 9.17) is 0 Å². The van der Waals surface area contributed by atoms with Gasteiger partial charge in [-0.1, -0.05) is 29.7 Å². The smallest absolute Gasteiger partial charge is 0.288 e. The molecule has 0 aliphatic heterocycles. The number of benzene rings is 1. The van der Waals surface area contributed by atoms with Crippen LogP contribution < -0.4 is 0 Å². The Morgan fingerprint density at radius 1 is 1.56 bits per heavy atom. The third-order valence-electron chi connectivity index (χ3n) is 1.92. The van der Waals surface area contributed by atoms with Crippen molar-refractivity contribution in [3.63, 3.8) is 0 Å². The lowest BCUT2D eigenvalue weighted by atomic mass is 10.2. The van der Waals surface area contributed by atoms with Crippen LogP contribution in [0.2, 0.25) is 0 Å². The first kappa shape index (κ1) is 14.2. The minimum atomic E-state index is -0.898. The van der Waals surface area contributed by atoms with E-state index in [1.807, 2.05) is 0 Å². The predicted molar refractivity (Wildman–Crippen MR) is 67.7 cm³/mol. The van der Waals surface area contributed by atoms with E-state index < -0.39 is 16.4 Å². The molecule has 18 heavy (non-hydrogen) atoms. The van der Waals surface area contributed by atoms with E-state index in [0.29, 0.717) is 12.2 Å². The van der Waals surface area contributed by atoms with Gasteiger partial charge in [0, 0.05) is 19.1 Å². The molecule has 0 unspecified atom stereocenters. The Balaban J connectivity index is 2.79. The van der Waals surface area contributed by atoms with E-state index in [9.17, 15) is 19.3 Å². The van der Waals surface area contributed by atoms with Crippen LogP contribution in [0.1, 0.15) is 18.9 Å². The van der Waals surface area contributed by atoms with E-state index in [2.05, 4.69) is 11.8 Å². The van der Waals surface area contributed by atoms with Gasteiger partial charge in [-0.25, -0.2) is 0 Å².